The van der Waals surface area contributed by atoms with Gasteiger partial charge in [0.15, 0.2) is 0 Å². The molecular formula is C12H19NO3. The van der Waals surface area contributed by atoms with Crippen LogP contribution >= 0.6 is 0 Å². The van der Waals surface area contributed by atoms with Crippen LogP contribution in [0.25, 0.3) is 0 Å². The summed E-state index contributed by atoms with van der Waals surface area (Å²) in [6.45, 7) is 3.04. The van der Waals surface area contributed by atoms with Crippen LogP contribution in [-0.2, 0) is 9.59 Å². The molecule has 0 aromatic heterocycles. The Morgan fingerprint density at radius 1 is 1.31 bits per heavy atom. The van der Waals surface area contributed by atoms with E-state index in [0.717, 1.165) is 19.3 Å². The molecule has 2 aliphatic rings. The van der Waals surface area contributed by atoms with E-state index in [1.165, 1.54) is 13.3 Å². The summed E-state index contributed by atoms with van der Waals surface area (Å²) in [7, 11) is 0. The molecule has 2 rings (SSSR count). The molecule has 4 atom stereocenters. The van der Waals surface area contributed by atoms with Gasteiger partial charge in [0.05, 0.1) is 0 Å². The van der Waals surface area contributed by atoms with Gasteiger partial charge in [0.25, 0.3) is 0 Å². The Morgan fingerprint density at radius 3 is 2.38 bits per heavy atom. The third-order valence-electron chi connectivity index (χ3n) is 4.36. The van der Waals surface area contributed by atoms with Gasteiger partial charge in [0.2, 0.25) is 5.91 Å². The van der Waals surface area contributed by atoms with Crippen LogP contribution in [0.4, 0.5) is 0 Å². The second-order valence-electron chi connectivity index (χ2n) is 5.47. The predicted octanol–water partition coefficient (Wildman–Crippen LogP) is 1.40. The molecule has 0 aromatic rings. The number of carboxylic acid groups (broad SMARTS) is 1. The summed E-state index contributed by atoms with van der Waals surface area (Å²) in [5.74, 6) is 0.112. The third kappa shape index (κ3) is 1.70. The van der Waals surface area contributed by atoms with E-state index in [4.69, 9.17) is 0 Å². The summed E-state index contributed by atoms with van der Waals surface area (Å²) in [5.41, 5.74) is -1.08. The van der Waals surface area contributed by atoms with E-state index in [1.807, 2.05) is 0 Å². The van der Waals surface area contributed by atoms with Crippen molar-refractivity contribution >= 4 is 11.9 Å². The van der Waals surface area contributed by atoms with Crippen molar-refractivity contribution in [3.63, 3.8) is 0 Å². The van der Waals surface area contributed by atoms with E-state index in [1.54, 1.807) is 6.92 Å². The monoisotopic (exact) mass is 225 g/mol. The molecular weight excluding hydrogens is 206 g/mol. The summed E-state index contributed by atoms with van der Waals surface area (Å²) < 4.78 is 0. The summed E-state index contributed by atoms with van der Waals surface area (Å²) in [4.78, 5) is 22.6. The molecule has 0 aliphatic heterocycles. The molecule has 2 fully saturated rings. The average molecular weight is 225 g/mol. The maximum absolute atomic E-state index is 11.4. The van der Waals surface area contributed by atoms with Crippen molar-refractivity contribution in [1.82, 2.24) is 5.32 Å². The molecule has 0 aromatic carbocycles. The number of hydrogen-bond acceptors (Lipinski definition) is 2. The molecule has 0 radical (unpaired) electrons. The van der Waals surface area contributed by atoms with Gasteiger partial charge >= 0.3 is 5.97 Å². The van der Waals surface area contributed by atoms with Crippen molar-refractivity contribution in [2.45, 2.75) is 45.1 Å². The minimum atomic E-state index is -1.08. The van der Waals surface area contributed by atoms with Gasteiger partial charge in [0.1, 0.15) is 5.54 Å². The van der Waals surface area contributed by atoms with Crippen LogP contribution in [0.15, 0.2) is 0 Å². The van der Waals surface area contributed by atoms with E-state index in [-0.39, 0.29) is 11.8 Å². The highest BCUT2D eigenvalue weighted by Crippen LogP contribution is 2.52. The van der Waals surface area contributed by atoms with E-state index >= 15 is 0 Å². The minimum absolute atomic E-state index is 0.104. The summed E-state index contributed by atoms with van der Waals surface area (Å²) in [6.07, 6.45) is 4.45. The van der Waals surface area contributed by atoms with Crippen molar-refractivity contribution in [3.8, 4) is 0 Å². The molecule has 16 heavy (non-hydrogen) atoms. The lowest BCUT2D eigenvalue weighted by atomic mass is 9.75. The van der Waals surface area contributed by atoms with Gasteiger partial charge in [-0.05, 0) is 43.9 Å². The van der Waals surface area contributed by atoms with Crippen molar-refractivity contribution in [3.05, 3.63) is 0 Å². The van der Waals surface area contributed by atoms with E-state index in [9.17, 15) is 14.7 Å². The molecule has 2 N–H and O–H groups in total. The molecule has 90 valence electrons. The smallest absolute Gasteiger partial charge is 0.329 e. The van der Waals surface area contributed by atoms with Crippen LogP contribution in [0.2, 0.25) is 0 Å². The van der Waals surface area contributed by atoms with Crippen LogP contribution in [-0.4, -0.2) is 22.5 Å². The summed E-state index contributed by atoms with van der Waals surface area (Å²) >= 11 is 0. The third-order valence-corrected chi connectivity index (χ3v) is 4.36. The van der Waals surface area contributed by atoms with Crippen molar-refractivity contribution in [2.75, 3.05) is 0 Å². The standard InChI is InChI=1S/C12H19NO3/c1-7(14)13-12(2,11(15)16)10-6-8-3-4-9(10)5-8/h8-10H,3-6H2,1-2H3,(H,13,14)(H,15,16). The minimum Gasteiger partial charge on any atom is -0.480 e. The SMILES string of the molecule is CC(=O)NC(C)(C(=O)O)C1CC2CCC1C2. The summed E-state index contributed by atoms with van der Waals surface area (Å²) in [6, 6.07) is 0. The molecule has 1 amide bonds. The van der Waals surface area contributed by atoms with Gasteiger partial charge in [-0.15, -0.1) is 0 Å². The fourth-order valence-corrected chi connectivity index (χ4v) is 3.62. The first-order valence-corrected chi connectivity index (χ1v) is 5.95. The van der Waals surface area contributed by atoms with Crippen LogP contribution in [0.1, 0.15) is 39.5 Å². The van der Waals surface area contributed by atoms with Gasteiger partial charge in [-0.1, -0.05) is 6.42 Å². The molecule has 4 nitrogen and oxygen atoms in total. The lowest BCUT2D eigenvalue weighted by Crippen LogP contribution is -2.58. The highest BCUT2D eigenvalue weighted by Gasteiger charge is 2.52. The van der Waals surface area contributed by atoms with Gasteiger partial charge in [-0.25, -0.2) is 4.79 Å². The molecule has 0 heterocycles. The van der Waals surface area contributed by atoms with Gasteiger partial charge in [-0.3, -0.25) is 4.79 Å². The zero-order valence-corrected chi connectivity index (χ0v) is 9.82. The Bertz CT molecular complexity index is 328. The quantitative estimate of drug-likeness (QED) is 0.763. The summed E-state index contributed by atoms with van der Waals surface area (Å²) in [5, 5.41) is 12.0. The number of hydrogen-bond donors (Lipinski definition) is 2. The lowest BCUT2D eigenvalue weighted by Gasteiger charge is -2.37. The first kappa shape index (κ1) is 11.4. The molecule has 2 bridgehead atoms. The molecule has 4 unspecified atom stereocenters. The Hall–Kier alpha value is -1.06. The molecule has 2 aliphatic carbocycles. The predicted molar refractivity (Wildman–Crippen MR) is 58.8 cm³/mol. The number of aliphatic carboxylic acids is 1. The van der Waals surface area contributed by atoms with E-state index in [0.29, 0.717) is 11.8 Å². The first-order valence-electron chi connectivity index (χ1n) is 5.95. The number of carboxylic acids is 1. The second-order valence-corrected chi connectivity index (χ2v) is 5.47. The van der Waals surface area contributed by atoms with Crippen LogP contribution in [0.3, 0.4) is 0 Å². The number of fused-ring (bicyclic) bond motifs is 2. The van der Waals surface area contributed by atoms with Crippen LogP contribution in [0, 0.1) is 17.8 Å². The molecule has 2 saturated carbocycles. The molecule has 0 spiro atoms. The van der Waals surface area contributed by atoms with Gasteiger partial charge in [0, 0.05) is 6.92 Å². The highest BCUT2D eigenvalue weighted by molar-refractivity contribution is 5.86. The topological polar surface area (TPSA) is 66.4 Å². The van der Waals surface area contributed by atoms with Crippen LogP contribution in [0.5, 0.6) is 0 Å². The number of carbonyl (C=O) groups is 2. The van der Waals surface area contributed by atoms with Crippen LogP contribution < -0.4 is 5.32 Å². The zero-order valence-electron chi connectivity index (χ0n) is 9.82. The van der Waals surface area contributed by atoms with E-state index < -0.39 is 11.5 Å². The maximum atomic E-state index is 11.4. The van der Waals surface area contributed by atoms with Crippen molar-refractivity contribution in [1.29, 1.82) is 0 Å². The second kappa shape index (κ2) is 3.75. The maximum Gasteiger partial charge on any atom is 0.329 e. The van der Waals surface area contributed by atoms with Crippen molar-refractivity contribution in [2.24, 2.45) is 17.8 Å². The van der Waals surface area contributed by atoms with E-state index in [2.05, 4.69) is 5.32 Å². The normalized spacial score (nSPS) is 35.8. The van der Waals surface area contributed by atoms with Gasteiger partial charge in [-0.2, -0.15) is 0 Å². The Balaban J connectivity index is 2.19. The largest absolute Gasteiger partial charge is 0.480 e. The average Bonchev–Trinajstić information content (AvgIpc) is 2.76. The van der Waals surface area contributed by atoms with Crippen molar-refractivity contribution < 1.29 is 14.7 Å². The number of nitrogens with one attached hydrogen (secondary N) is 1. The Labute approximate surface area is 95.4 Å². The molecule has 4 heteroatoms. The molecule has 0 saturated heterocycles. The number of carbonyl (C=O) groups excluding carboxylic acids is 1. The fourth-order valence-electron chi connectivity index (χ4n) is 3.62. The first-order chi connectivity index (χ1) is 7.43. The lowest BCUT2D eigenvalue weighted by molar-refractivity contribution is -0.150. The Kier molecular flexibility index (Phi) is 2.68. The zero-order chi connectivity index (χ0) is 11.9. The fraction of sp³-hybridized carbons (Fsp3) is 0.833. The van der Waals surface area contributed by atoms with Gasteiger partial charge < -0.3 is 10.4 Å². The number of rotatable bonds is 3. The Morgan fingerprint density at radius 2 is 2.00 bits per heavy atom. The number of amides is 1. The highest BCUT2D eigenvalue weighted by atomic mass is 16.4.